The van der Waals surface area contributed by atoms with E-state index in [9.17, 15) is 14.0 Å². The van der Waals surface area contributed by atoms with Gasteiger partial charge in [0.1, 0.15) is 5.82 Å². The van der Waals surface area contributed by atoms with Crippen LogP contribution in [-0.4, -0.2) is 33.8 Å². The Morgan fingerprint density at radius 1 is 1.14 bits per heavy atom. The van der Waals surface area contributed by atoms with E-state index in [1.807, 2.05) is 30.3 Å². The molecule has 0 saturated heterocycles. The second-order valence-electron chi connectivity index (χ2n) is 5.99. The molecule has 0 aromatic heterocycles. The molecule has 0 radical (unpaired) electrons. The molecule has 2 aliphatic rings. The van der Waals surface area contributed by atoms with Crippen molar-refractivity contribution in [2.24, 2.45) is 5.10 Å². The lowest BCUT2D eigenvalue weighted by Gasteiger charge is -2.31. The summed E-state index contributed by atoms with van der Waals surface area (Å²) in [6.07, 6.45) is 2.73. The molecule has 1 unspecified atom stereocenters. The fourth-order valence-corrected chi connectivity index (χ4v) is 3.57. The van der Waals surface area contributed by atoms with Gasteiger partial charge in [0.05, 0.1) is 11.4 Å². The summed E-state index contributed by atoms with van der Waals surface area (Å²) in [4.78, 5) is 28.0. The van der Waals surface area contributed by atoms with Gasteiger partial charge >= 0.3 is 0 Å². The molecule has 2 aromatic carbocycles. The third kappa shape index (κ3) is 3.56. The molecule has 0 saturated carbocycles. The van der Waals surface area contributed by atoms with Gasteiger partial charge in [-0.3, -0.25) is 24.8 Å². The number of anilines is 2. The van der Waals surface area contributed by atoms with Crippen molar-refractivity contribution in [1.82, 2.24) is 10.3 Å². The molecule has 2 amide bonds. The van der Waals surface area contributed by atoms with E-state index in [0.717, 1.165) is 17.4 Å². The Hall–Kier alpha value is -3.33. The van der Waals surface area contributed by atoms with E-state index in [1.54, 1.807) is 34.3 Å². The van der Waals surface area contributed by atoms with E-state index in [2.05, 4.69) is 15.8 Å². The largest absolute Gasteiger partial charge is 0.323 e. The third-order valence-corrected chi connectivity index (χ3v) is 5.11. The summed E-state index contributed by atoms with van der Waals surface area (Å²) >= 11 is 1.16. The van der Waals surface area contributed by atoms with Crippen LogP contribution in [-0.2, 0) is 9.59 Å². The number of nitrogens with one attached hydrogen (secondary N) is 2. The van der Waals surface area contributed by atoms with Gasteiger partial charge in [-0.15, -0.1) is 0 Å². The molecule has 2 aromatic rings. The summed E-state index contributed by atoms with van der Waals surface area (Å²) in [5.74, 6) is -1.00. The monoisotopic (exact) mass is 397 g/mol. The van der Waals surface area contributed by atoms with E-state index >= 15 is 0 Å². The Balaban J connectivity index is 1.38. The molecule has 2 heterocycles. The molecule has 0 aliphatic carbocycles. The lowest BCUT2D eigenvalue weighted by Crippen LogP contribution is -2.52. The van der Waals surface area contributed by atoms with Gasteiger partial charge in [0.15, 0.2) is 5.17 Å². The van der Waals surface area contributed by atoms with Crippen LogP contribution in [0.2, 0.25) is 0 Å². The van der Waals surface area contributed by atoms with Gasteiger partial charge in [-0.05, 0) is 24.3 Å². The zero-order chi connectivity index (χ0) is 19.5. The highest BCUT2D eigenvalue weighted by Crippen LogP contribution is 2.25. The van der Waals surface area contributed by atoms with Gasteiger partial charge in [-0.1, -0.05) is 42.1 Å². The lowest BCUT2D eigenvalue weighted by molar-refractivity contribution is -0.122. The number of carbonyl (C=O) groups is 2. The first-order valence-electron chi connectivity index (χ1n) is 8.48. The lowest BCUT2D eigenvalue weighted by atomic mass is 10.2. The summed E-state index contributed by atoms with van der Waals surface area (Å²) in [6.45, 7) is 0. The van der Waals surface area contributed by atoms with Crippen molar-refractivity contribution in [2.45, 2.75) is 6.17 Å². The second kappa shape index (κ2) is 7.73. The SMILES string of the molecule is O=C(CSC1=NNC2C(=O)N(c3ccccc3)C=CN12)Nc1ccccc1F. The van der Waals surface area contributed by atoms with Crippen molar-refractivity contribution in [3.63, 3.8) is 0 Å². The molecule has 1 atom stereocenters. The fraction of sp³-hybridized carbons (Fsp3) is 0.105. The quantitative estimate of drug-likeness (QED) is 0.829. The molecular weight excluding hydrogens is 381 g/mol. The van der Waals surface area contributed by atoms with Gasteiger partial charge in [0.25, 0.3) is 5.91 Å². The van der Waals surface area contributed by atoms with Crippen LogP contribution >= 0.6 is 11.8 Å². The van der Waals surface area contributed by atoms with Crippen LogP contribution in [0.25, 0.3) is 0 Å². The highest BCUT2D eigenvalue weighted by molar-refractivity contribution is 8.14. The number of benzene rings is 2. The molecule has 7 nitrogen and oxygen atoms in total. The van der Waals surface area contributed by atoms with E-state index in [1.165, 1.54) is 12.1 Å². The Bertz CT molecular complexity index is 966. The number of nitrogens with zero attached hydrogens (tertiary/aromatic N) is 3. The molecule has 142 valence electrons. The van der Waals surface area contributed by atoms with Crippen LogP contribution < -0.4 is 15.6 Å². The van der Waals surface area contributed by atoms with E-state index in [4.69, 9.17) is 0 Å². The zero-order valence-electron chi connectivity index (χ0n) is 14.6. The Morgan fingerprint density at radius 3 is 2.68 bits per heavy atom. The smallest absolute Gasteiger partial charge is 0.276 e. The van der Waals surface area contributed by atoms with Crippen LogP contribution in [0.4, 0.5) is 15.8 Å². The average molecular weight is 397 g/mol. The first-order chi connectivity index (χ1) is 13.6. The van der Waals surface area contributed by atoms with Crippen molar-refractivity contribution in [3.05, 3.63) is 72.8 Å². The van der Waals surface area contributed by atoms with Crippen molar-refractivity contribution < 1.29 is 14.0 Å². The number of carbonyl (C=O) groups excluding carboxylic acids is 2. The van der Waals surface area contributed by atoms with Crippen LogP contribution in [0.3, 0.4) is 0 Å². The minimum absolute atomic E-state index is 0.0303. The van der Waals surface area contributed by atoms with E-state index in [0.29, 0.717) is 5.17 Å². The minimum atomic E-state index is -0.665. The molecule has 0 spiro atoms. The predicted molar refractivity (Wildman–Crippen MR) is 107 cm³/mol. The van der Waals surface area contributed by atoms with Crippen molar-refractivity contribution in [1.29, 1.82) is 0 Å². The van der Waals surface area contributed by atoms with Crippen molar-refractivity contribution >= 4 is 40.1 Å². The van der Waals surface area contributed by atoms with Crippen LogP contribution in [0.15, 0.2) is 72.1 Å². The average Bonchev–Trinajstić information content (AvgIpc) is 3.13. The summed E-state index contributed by atoms with van der Waals surface area (Å²) in [5, 5.41) is 7.17. The van der Waals surface area contributed by atoms with E-state index in [-0.39, 0.29) is 23.3 Å². The maximum atomic E-state index is 13.6. The molecule has 9 heteroatoms. The number of amides is 2. The number of thioether (sulfide) groups is 1. The van der Waals surface area contributed by atoms with Gasteiger partial charge in [0.2, 0.25) is 12.1 Å². The number of hydrazone groups is 1. The molecule has 0 bridgehead atoms. The molecule has 2 aliphatic heterocycles. The first kappa shape index (κ1) is 18.1. The van der Waals surface area contributed by atoms with Crippen LogP contribution in [0.5, 0.6) is 0 Å². The number of hydrogen-bond donors (Lipinski definition) is 2. The number of halogens is 1. The fourth-order valence-electron chi connectivity index (χ4n) is 2.80. The Labute approximate surface area is 164 Å². The molecule has 4 rings (SSSR count). The topological polar surface area (TPSA) is 77.0 Å². The van der Waals surface area contributed by atoms with Crippen LogP contribution in [0, 0.1) is 5.82 Å². The van der Waals surface area contributed by atoms with Gasteiger partial charge in [0, 0.05) is 18.1 Å². The highest BCUT2D eigenvalue weighted by atomic mass is 32.2. The standard InChI is InChI=1S/C19H16FN5O2S/c20-14-8-4-5-9-15(14)21-16(26)12-28-19-23-22-17-18(27)24(10-11-25(17)19)13-6-2-1-3-7-13/h1-11,17,22H,12H2,(H,21,26). The van der Waals surface area contributed by atoms with Gasteiger partial charge in [-0.25, -0.2) is 4.39 Å². The highest BCUT2D eigenvalue weighted by Gasteiger charge is 2.38. The molecule has 28 heavy (non-hydrogen) atoms. The van der Waals surface area contributed by atoms with Gasteiger partial charge < -0.3 is 5.32 Å². The number of hydrogen-bond acceptors (Lipinski definition) is 6. The van der Waals surface area contributed by atoms with Crippen molar-refractivity contribution in [3.8, 4) is 0 Å². The molecule has 0 fully saturated rings. The Kier molecular flexibility index (Phi) is 4.98. The van der Waals surface area contributed by atoms with Crippen molar-refractivity contribution in [2.75, 3.05) is 16.0 Å². The minimum Gasteiger partial charge on any atom is -0.323 e. The number of fused-ring (bicyclic) bond motifs is 1. The molecule has 2 N–H and O–H groups in total. The summed E-state index contributed by atoms with van der Waals surface area (Å²) in [6, 6.07) is 15.3. The van der Waals surface area contributed by atoms with Gasteiger partial charge in [-0.2, -0.15) is 5.10 Å². The first-order valence-corrected chi connectivity index (χ1v) is 9.47. The maximum Gasteiger partial charge on any atom is 0.276 e. The second-order valence-corrected chi connectivity index (χ2v) is 6.93. The maximum absolute atomic E-state index is 13.6. The molecular formula is C19H16FN5O2S. The third-order valence-electron chi connectivity index (χ3n) is 4.14. The Morgan fingerprint density at radius 2 is 1.89 bits per heavy atom. The predicted octanol–water partition coefficient (Wildman–Crippen LogP) is 2.52. The zero-order valence-corrected chi connectivity index (χ0v) is 15.4. The van der Waals surface area contributed by atoms with E-state index < -0.39 is 12.0 Å². The van der Waals surface area contributed by atoms with Crippen LogP contribution in [0.1, 0.15) is 0 Å². The normalized spacial score (nSPS) is 17.8. The summed E-state index contributed by atoms with van der Waals surface area (Å²) < 4.78 is 13.6. The number of amidine groups is 1. The number of rotatable bonds is 4. The summed E-state index contributed by atoms with van der Waals surface area (Å²) in [7, 11) is 0. The summed E-state index contributed by atoms with van der Waals surface area (Å²) in [5.41, 5.74) is 3.69. The number of para-hydroxylation sites is 2.